The average molecular weight is 292 g/mol. The second kappa shape index (κ2) is 10.8. The molecule has 0 heterocycles. The van der Waals surface area contributed by atoms with Gasteiger partial charge in [0.05, 0.1) is 6.61 Å². The third kappa shape index (κ3) is 7.07. The SMILES string of the molecule is CCCNC(c1ccccc1)C(C)CN(C)CCOCC. The van der Waals surface area contributed by atoms with Gasteiger partial charge in [-0.1, -0.05) is 44.2 Å². The summed E-state index contributed by atoms with van der Waals surface area (Å²) in [7, 11) is 2.18. The minimum absolute atomic E-state index is 0.417. The number of rotatable bonds is 11. The fourth-order valence-corrected chi connectivity index (χ4v) is 2.66. The Morgan fingerprint density at radius 1 is 1.19 bits per heavy atom. The summed E-state index contributed by atoms with van der Waals surface area (Å²) in [5.74, 6) is 0.561. The van der Waals surface area contributed by atoms with Crippen molar-refractivity contribution in [3.05, 3.63) is 35.9 Å². The van der Waals surface area contributed by atoms with Gasteiger partial charge < -0.3 is 15.0 Å². The summed E-state index contributed by atoms with van der Waals surface area (Å²) in [5, 5.41) is 3.70. The van der Waals surface area contributed by atoms with E-state index in [1.54, 1.807) is 0 Å². The van der Waals surface area contributed by atoms with Gasteiger partial charge in [0, 0.05) is 25.7 Å². The molecule has 3 nitrogen and oxygen atoms in total. The molecule has 0 bridgehead atoms. The molecule has 1 aromatic carbocycles. The van der Waals surface area contributed by atoms with E-state index in [0.29, 0.717) is 12.0 Å². The van der Waals surface area contributed by atoms with E-state index in [9.17, 15) is 0 Å². The average Bonchev–Trinajstić information content (AvgIpc) is 2.49. The maximum atomic E-state index is 5.44. The van der Waals surface area contributed by atoms with Gasteiger partial charge in [-0.25, -0.2) is 0 Å². The smallest absolute Gasteiger partial charge is 0.0593 e. The van der Waals surface area contributed by atoms with Gasteiger partial charge in [0.1, 0.15) is 0 Å². The van der Waals surface area contributed by atoms with Crippen molar-refractivity contribution in [3.8, 4) is 0 Å². The fourth-order valence-electron chi connectivity index (χ4n) is 2.66. The van der Waals surface area contributed by atoms with Crippen LogP contribution in [-0.4, -0.2) is 44.8 Å². The highest BCUT2D eigenvalue weighted by atomic mass is 16.5. The summed E-state index contributed by atoms with van der Waals surface area (Å²) in [6, 6.07) is 11.2. The van der Waals surface area contributed by atoms with Crippen LogP contribution in [0.25, 0.3) is 0 Å². The Morgan fingerprint density at radius 3 is 2.52 bits per heavy atom. The third-order valence-electron chi connectivity index (χ3n) is 3.76. The van der Waals surface area contributed by atoms with Crippen molar-refractivity contribution >= 4 is 0 Å². The van der Waals surface area contributed by atoms with Crippen LogP contribution in [0.5, 0.6) is 0 Å². The first kappa shape index (κ1) is 18.1. The Bertz CT molecular complexity index is 355. The maximum Gasteiger partial charge on any atom is 0.0593 e. The molecule has 1 N–H and O–H groups in total. The molecule has 0 aliphatic heterocycles. The molecule has 0 amide bonds. The van der Waals surface area contributed by atoms with E-state index in [1.165, 1.54) is 5.56 Å². The molecule has 0 aromatic heterocycles. The number of nitrogens with one attached hydrogen (secondary N) is 1. The highest BCUT2D eigenvalue weighted by molar-refractivity contribution is 5.19. The predicted octanol–water partition coefficient (Wildman–Crippen LogP) is 3.33. The molecule has 2 atom stereocenters. The molecule has 0 saturated carbocycles. The van der Waals surface area contributed by atoms with Crippen LogP contribution in [-0.2, 0) is 4.74 Å². The number of ether oxygens (including phenoxy) is 1. The third-order valence-corrected chi connectivity index (χ3v) is 3.76. The van der Waals surface area contributed by atoms with E-state index < -0.39 is 0 Å². The standard InChI is InChI=1S/C18H32N2O/c1-5-12-19-18(17-10-8-7-9-11-17)16(3)15-20(4)13-14-21-6-2/h7-11,16,18-19H,5-6,12-15H2,1-4H3. The van der Waals surface area contributed by atoms with Gasteiger partial charge in [-0.15, -0.1) is 0 Å². The molecule has 2 unspecified atom stereocenters. The fraction of sp³-hybridized carbons (Fsp3) is 0.667. The van der Waals surface area contributed by atoms with E-state index in [4.69, 9.17) is 4.74 Å². The first-order valence-electron chi connectivity index (χ1n) is 8.23. The zero-order valence-electron chi connectivity index (χ0n) is 14.1. The minimum Gasteiger partial charge on any atom is -0.380 e. The number of benzene rings is 1. The van der Waals surface area contributed by atoms with Crippen LogP contribution in [0.2, 0.25) is 0 Å². The van der Waals surface area contributed by atoms with Crippen LogP contribution in [0.1, 0.15) is 38.8 Å². The monoisotopic (exact) mass is 292 g/mol. The molecular weight excluding hydrogens is 260 g/mol. The zero-order chi connectivity index (χ0) is 15.5. The number of hydrogen-bond donors (Lipinski definition) is 1. The van der Waals surface area contributed by atoms with Crippen molar-refractivity contribution in [1.82, 2.24) is 10.2 Å². The first-order valence-corrected chi connectivity index (χ1v) is 8.23. The van der Waals surface area contributed by atoms with Crippen LogP contribution in [0.4, 0.5) is 0 Å². The quantitative estimate of drug-likeness (QED) is 0.633. The van der Waals surface area contributed by atoms with Crippen LogP contribution in [0, 0.1) is 5.92 Å². The van der Waals surface area contributed by atoms with Gasteiger partial charge in [0.2, 0.25) is 0 Å². The highest BCUT2D eigenvalue weighted by Crippen LogP contribution is 2.22. The molecule has 1 rings (SSSR count). The number of hydrogen-bond acceptors (Lipinski definition) is 3. The lowest BCUT2D eigenvalue weighted by Gasteiger charge is -2.29. The lowest BCUT2D eigenvalue weighted by Crippen LogP contribution is -2.35. The van der Waals surface area contributed by atoms with Crippen molar-refractivity contribution in [2.24, 2.45) is 5.92 Å². The first-order chi connectivity index (χ1) is 10.2. The molecule has 0 aliphatic rings. The molecule has 0 fully saturated rings. The van der Waals surface area contributed by atoms with E-state index in [0.717, 1.165) is 39.3 Å². The van der Waals surface area contributed by atoms with Crippen LogP contribution < -0.4 is 5.32 Å². The Balaban J connectivity index is 2.57. The van der Waals surface area contributed by atoms with Gasteiger partial charge in [-0.2, -0.15) is 0 Å². The summed E-state index contributed by atoms with van der Waals surface area (Å²) in [4.78, 5) is 2.36. The van der Waals surface area contributed by atoms with Gasteiger partial charge >= 0.3 is 0 Å². The van der Waals surface area contributed by atoms with Crippen LogP contribution in [0.3, 0.4) is 0 Å². The van der Waals surface area contributed by atoms with Gasteiger partial charge in [0.15, 0.2) is 0 Å². The highest BCUT2D eigenvalue weighted by Gasteiger charge is 2.19. The van der Waals surface area contributed by atoms with Gasteiger partial charge in [0.25, 0.3) is 0 Å². The summed E-state index contributed by atoms with van der Waals surface area (Å²) in [6.45, 7) is 11.3. The van der Waals surface area contributed by atoms with E-state index in [-0.39, 0.29) is 0 Å². The Kier molecular flexibility index (Phi) is 9.31. The summed E-state index contributed by atoms with van der Waals surface area (Å²) in [6.07, 6.45) is 1.16. The van der Waals surface area contributed by atoms with Crippen LogP contribution >= 0.6 is 0 Å². The van der Waals surface area contributed by atoms with E-state index >= 15 is 0 Å². The normalized spacial score (nSPS) is 14.3. The van der Waals surface area contributed by atoms with Gasteiger partial charge in [-0.05, 0) is 38.4 Å². The molecule has 1 aromatic rings. The van der Waals surface area contributed by atoms with Crippen molar-refractivity contribution < 1.29 is 4.74 Å². The molecule has 0 radical (unpaired) electrons. The molecule has 120 valence electrons. The zero-order valence-corrected chi connectivity index (χ0v) is 14.1. The summed E-state index contributed by atoms with van der Waals surface area (Å²) in [5.41, 5.74) is 1.39. The van der Waals surface area contributed by atoms with E-state index in [2.05, 4.69) is 61.4 Å². The maximum absolute atomic E-state index is 5.44. The second-order valence-electron chi connectivity index (χ2n) is 5.78. The van der Waals surface area contributed by atoms with Crippen molar-refractivity contribution in [2.75, 3.05) is 39.9 Å². The summed E-state index contributed by atoms with van der Waals surface area (Å²) < 4.78 is 5.44. The molecule has 21 heavy (non-hydrogen) atoms. The summed E-state index contributed by atoms with van der Waals surface area (Å²) >= 11 is 0. The van der Waals surface area contributed by atoms with Crippen molar-refractivity contribution in [3.63, 3.8) is 0 Å². The van der Waals surface area contributed by atoms with Crippen molar-refractivity contribution in [1.29, 1.82) is 0 Å². The topological polar surface area (TPSA) is 24.5 Å². The lowest BCUT2D eigenvalue weighted by atomic mass is 9.94. The Labute approximate surface area is 130 Å². The molecule has 0 saturated heterocycles. The lowest BCUT2D eigenvalue weighted by molar-refractivity contribution is 0.115. The molecule has 0 aliphatic carbocycles. The number of nitrogens with zero attached hydrogens (tertiary/aromatic N) is 1. The van der Waals surface area contributed by atoms with Gasteiger partial charge in [-0.3, -0.25) is 0 Å². The predicted molar refractivity (Wildman–Crippen MR) is 90.6 cm³/mol. The minimum atomic E-state index is 0.417. The Morgan fingerprint density at radius 2 is 1.90 bits per heavy atom. The molecular formula is C18H32N2O. The molecule has 0 spiro atoms. The second-order valence-corrected chi connectivity index (χ2v) is 5.78. The van der Waals surface area contributed by atoms with E-state index in [1.807, 2.05) is 6.92 Å². The number of likely N-dealkylation sites (N-methyl/N-ethyl adjacent to an activating group) is 1. The molecule has 3 heteroatoms. The van der Waals surface area contributed by atoms with Crippen LogP contribution in [0.15, 0.2) is 30.3 Å². The largest absolute Gasteiger partial charge is 0.380 e. The Hall–Kier alpha value is -0.900. The van der Waals surface area contributed by atoms with Crippen molar-refractivity contribution in [2.45, 2.75) is 33.2 Å².